The minimum absolute atomic E-state index is 0.146. The van der Waals surface area contributed by atoms with E-state index in [0.717, 1.165) is 41.8 Å². The third-order valence-electron chi connectivity index (χ3n) is 6.00. The second kappa shape index (κ2) is 9.69. The highest BCUT2D eigenvalue weighted by Gasteiger charge is 2.24. The maximum atomic E-state index is 12.6. The van der Waals surface area contributed by atoms with E-state index >= 15 is 0 Å². The molecule has 1 aliphatic carbocycles. The number of amides is 1. The van der Waals surface area contributed by atoms with Gasteiger partial charge >= 0.3 is 0 Å². The van der Waals surface area contributed by atoms with Gasteiger partial charge in [0.2, 0.25) is 5.95 Å². The van der Waals surface area contributed by atoms with Crippen molar-refractivity contribution in [3.05, 3.63) is 59.8 Å². The largest absolute Gasteiger partial charge is 0.490 e. The van der Waals surface area contributed by atoms with Crippen LogP contribution in [0.3, 0.4) is 0 Å². The molecule has 3 aromatic rings. The van der Waals surface area contributed by atoms with Gasteiger partial charge in [0.1, 0.15) is 5.75 Å². The molecule has 8 heteroatoms. The van der Waals surface area contributed by atoms with Gasteiger partial charge in [-0.15, -0.1) is 0 Å². The first-order chi connectivity index (χ1) is 16.5. The average Bonchev–Trinajstić information content (AvgIpc) is 3.65. The number of nitrogens with one attached hydrogen (secondary N) is 2. The van der Waals surface area contributed by atoms with Crippen LogP contribution in [0.25, 0.3) is 11.3 Å². The van der Waals surface area contributed by atoms with Gasteiger partial charge in [0.15, 0.2) is 0 Å². The summed E-state index contributed by atoms with van der Waals surface area (Å²) in [7, 11) is 0. The fraction of sp³-hybridized carbons (Fsp3) is 0.346. The number of nitrogen functional groups attached to an aromatic ring is 1. The van der Waals surface area contributed by atoms with Crippen molar-refractivity contribution >= 4 is 23.2 Å². The fourth-order valence-electron chi connectivity index (χ4n) is 3.82. The average molecular weight is 460 g/mol. The first kappa shape index (κ1) is 22.2. The molecule has 3 heterocycles. The quantitative estimate of drug-likeness (QED) is 0.490. The van der Waals surface area contributed by atoms with Crippen LogP contribution < -0.4 is 21.1 Å². The normalized spacial score (nSPS) is 18.7. The predicted molar refractivity (Wildman–Crippen MR) is 131 cm³/mol. The highest BCUT2D eigenvalue weighted by atomic mass is 16.5. The smallest absolute Gasteiger partial charge is 0.251 e. The zero-order valence-corrected chi connectivity index (χ0v) is 19.2. The van der Waals surface area contributed by atoms with Crippen LogP contribution in [-0.2, 0) is 11.3 Å². The van der Waals surface area contributed by atoms with Crippen molar-refractivity contribution in [1.82, 2.24) is 15.3 Å². The first-order valence-electron chi connectivity index (χ1n) is 11.7. The van der Waals surface area contributed by atoms with E-state index in [1.54, 1.807) is 24.4 Å². The van der Waals surface area contributed by atoms with Crippen LogP contribution in [0, 0.1) is 5.92 Å². The summed E-state index contributed by atoms with van der Waals surface area (Å²) in [5, 5.41) is 6.27. The van der Waals surface area contributed by atoms with Crippen LogP contribution in [0.2, 0.25) is 0 Å². The maximum absolute atomic E-state index is 12.6. The Kier molecular flexibility index (Phi) is 6.31. The molecule has 2 aromatic carbocycles. The Hall–Kier alpha value is -3.65. The number of hydrogen-bond donors (Lipinski definition) is 3. The van der Waals surface area contributed by atoms with E-state index in [1.165, 1.54) is 0 Å². The Bertz CT molecular complexity index is 1190. The van der Waals surface area contributed by atoms with Gasteiger partial charge in [-0.1, -0.05) is 6.92 Å². The van der Waals surface area contributed by atoms with E-state index in [9.17, 15) is 4.79 Å². The molecule has 6 rings (SSSR count). The Morgan fingerprint density at radius 3 is 2.82 bits per heavy atom. The van der Waals surface area contributed by atoms with Crippen LogP contribution in [-0.4, -0.2) is 35.1 Å². The summed E-state index contributed by atoms with van der Waals surface area (Å²) < 4.78 is 12.1. The summed E-state index contributed by atoms with van der Waals surface area (Å²) in [6.07, 6.45) is 5.00. The molecule has 1 saturated carbocycles. The maximum Gasteiger partial charge on any atom is 0.251 e. The van der Waals surface area contributed by atoms with Crippen LogP contribution in [0.5, 0.6) is 5.75 Å². The third-order valence-corrected chi connectivity index (χ3v) is 6.00. The van der Waals surface area contributed by atoms with E-state index in [2.05, 4.69) is 27.5 Å². The molecule has 176 valence electrons. The van der Waals surface area contributed by atoms with Crippen molar-refractivity contribution in [2.45, 2.75) is 38.9 Å². The number of hydrogen-bond acceptors (Lipinski definition) is 7. The van der Waals surface area contributed by atoms with Gasteiger partial charge in [-0.3, -0.25) is 4.79 Å². The van der Waals surface area contributed by atoms with Gasteiger partial charge in [-0.05, 0) is 67.6 Å². The number of nitrogens with zero attached hydrogens (tertiary/aromatic N) is 2. The summed E-state index contributed by atoms with van der Waals surface area (Å²) in [5.41, 5.74) is 10.6. The van der Waals surface area contributed by atoms with Gasteiger partial charge in [0.05, 0.1) is 18.4 Å². The first-order valence-corrected chi connectivity index (χ1v) is 11.7. The second-order valence-electron chi connectivity index (χ2n) is 8.99. The number of nitrogens with two attached hydrogens (primary N) is 1. The van der Waals surface area contributed by atoms with E-state index in [0.29, 0.717) is 48.8 Å². The van der Waals surface area contributed by atoms with Crippen molar-refractivity contribution in [1.29, 1.82) is 0 Å². The molecule has 4 N–H and O–H groups in total. The van der Waals surface area contributed by atoms with Crippen molar-refractivity contribution in [2.24, 2.45) is 5.92 Å². The summed E-state index contributed by atoms with van der Waals surface area (Å²) in [6.45, 7) is 3.69. The molecule has 6 bridgehead atoms. The van der Waals surface area contributed by atoms with E-state index < -0.39 is 0 Å². The highest BCUT2D eigenvalue weighted by molar-refractivity contribution is 5.96. The number of fused-ring (bicyclic) bond motifs is 9. The van der Waals surface area contributed by atoms with Crippen molar-refractivity contribution in [2.75, 3.05) is 24.2 Å². The number of carbonyl (C=O) groups is 1. The molecule has 2 aliphatic heterocycles. The van der Waals surface area contributed by atoms with Crippen LogP contribution in [0.1, 0.15) is 42.1 Å². The van der Waals surface area contributed by atoms with Crippen LogP contribution in [0.4, 0.5) is 17.3 Å². The fourth-order valence-corrected chi connectivity index (χ4v) is 3.82. The molecule has 0 saturated heterocycles. The number of aromatic nitrogens is 2. The number of ether oxygens (including phenoxy) is 2. The molecule has 0 spiro atoms. The molecule has 34 heavy (non-hydrogen) atoms. The van der Waals surface area contributed by atoms with Crippen LogP contribution in [0.15, 0.2) is 48.7 Å². The zero-order valence-electron chi connectivity index (χ0n) is 19.2. The van der Waals surface area contributed by atoms with Gasteiger partial charge in [-0.2, -0.15) is 0 Å². The van der Waals surface area contributed by atoms with Crippen LogP contribution >= 0.6 is 0 Å². The molecule has 3 aliphatic rings. The summed E-state index contributed by atoms with van der Waals surface area (Å²) in [4.78, 5) is 21.6. The third kappa shape index (κ3) is 5.28. The minimum Gasteiger partial charge on any atom is -0.490 e. The SMILES string of the molecule is CC1CCOCc2cc(ccc2OC2CC2)Nc2nccc(n2)-c2ccc(cc2N)C(=O)NC1. The molecule has 1 unspecified atom stereocenters. The van der Waals surface area contributed by atoms with Gasteiger partial charge in [0.25, 0.3) is 5.91 Å². The molecular weight excluding hydrogens is 430 g/mol. The van der Waals surface area contributed by atoms with Crippen molar-refractivity contribution in [3.63, 3.8) is 0 Å². The molecular formula is C26H29N5O3. The monoisotopic (exact) mass is 459 g/mol. The van der Waals surface area contributed by atoms with Gasteiger partial charge < -0.3 is 25.8 Å². The number of benzene rings is 2. The number of carbonyl (C=O) groups excluding carboxylic acids is 1. The standard InChI is InChI=1S/C26H29N5O3/c1-16-9-11-33-15-18-12-19(3-7-24(18)34-20-4-5-20)30-26-28-10-8-23(31-26)21-6-2-17(13-22(21)27)25(32)29-14-16/h2-3,6-8,10,12-13,16,20H,4-5,9,11,14-15,27H2,1H3,(H,29,32)(H,28,30,31). The Morgan fingerprint density at radius 1 is 1.12 bits per heavy atom. The van der Waals surface area contributed by atoms with Gasteiger partial charge in [0, 0.05) is 47.4 Å². The van der Waals surface area contributed by atoms with Gasteiger partial charge in [-0.25, -0.2) is 9.97 Å². The van der Waals surface area contributed by atoms with Crippen molar-refractivity contribution < 1.29 is 14.3 Å². The molecule has 1 amide bonds. The number of anilines is 3. The topological polar surface area (TPSA) is 111 Å². The second-order valence-corrected chi connectivity index (χ2v) is 8.99. The molecule has 0 radical (unpaired) electrons. The molecule has 8 nitrogen and oxygen atoms in total. The van der Waals surface area contributed by atoms with E-state index in [-0.39, 0.29) is 11.8 Å². The lowest BCUT2D eigenvalue weighted by atomic mass is 10.0. The zero-order chi connectivity index (χ0) is 23.5. The molecule has 1 aromatic heterocycles. The molecule has 1 fully saturated rings. The lowest BCUT2D eigenvalue weighted by Crippen LogP contribution is -2.28. The predicted octanol–water partition coefficient (Wildman–Crippen LogP) is 4.30. The summed E-state index contributed by atoms with van der Waals surface area (Å²) >= 11 is 0. The Morgan fingerprint density at radius 2 is 2.00 bits per heavy atom. The van der Waals surface area contributed by atoms with E-state index in [1.807, 2.05) is 24.3 Å². The summed E-state index contributed by atoms with van der Waals surface area (Å²) in [6, 6.07) is 13.0. The van der Waals surface area contributed by atoms with Crippen molar-refractivity contribution in [3.8, 4) is 17.0 Å². The highest BCUT2D eigenvalue weighted by Crippen LogP contribution is 2.32. The lowest BCUT2D eigenvalue weighted by molar-refractivity contribution is 0.0923. The minimum atomic E-state index is -0.146. The Balaban J connectivity index is 1.47. The van der Waals surface area contributed by atoms with E-state index in [4.69, 9.17) is 15.2 Å². The summed E-state index contributed by atoms with van der Waals surface area (Å²) in [5.74, 6) is 1.43. The molecule has 1 atom stereocenters. The Labute approximate surface area is 198 Å². The lowest BCUT2D eigenvalue weighted by Gasteiger charge is -2.15. The number of rotatable bonds is 2.